The normalized spacial score (nSPS) is 26.4. The summed E-state index contributed by atoms with van der Waals surface area (Å²) in [6, 6.07) is 1.61. The van der Waals surface area contributed by atoms with Gasteiger partial charge in [0, 0.05) is 29.7 Å². The summed E-state index contributed by atoms with van der Waals surface area (Å²) in [5.74, 6) is -0.383. The van der Waals surface area contributed by atoms with E-state index >= 15 is 0 Å². The SMILES string of the molecule is Cc1nccnc1C(=O)NC12CCCC(NC(=O)c3ccncn3)(CC1)C2. The zero-order valence-corrected chi connectivity index (χ0v) is 15.2. The summed E-state index contributed by atoms with van der Waals surface area (Å²) in [4.78, 5) is 41.5. The summed E-state index contributed by atoms with van der Waals surface area (Å²) in [5, 5.41) is 6.38. The summed E-state index contributed by atoms with van der Waals surface area (Å²) >= 11 is 0. The summed E-state index contributed by atoms with van der Waals surface area (Å²) in [5.41, 5.74) is 0.730. The van der Waals surface area contributed by atoms with E-state index in [0.29, 0.717) is 17.1 Å². The van der Waals surface area contributed by atoms with Gasteiger partial charge in [0.25, 0.3) is 11.8 Å². The molecule has 0 radical (unpaired) electrons. The number of hydrogen-bond acceptors (Lipinski definition) is 6. The minimum absolute atomic E-state index is 0.189. The summed E-state index contributed by atoms with van der Waals surface area (Å²) in [7, 11) is 0. The fraction of sp³-hybridized carbons (Fsp3) is 0.474. The number of rotatable bonds is 4. The van der Waals surface area contributed by atoms with Gasteiger partial charge in [0.15, 0.2) is 0 Å². The molecule has 0 aliphatic heterocycles. The van der Waals surface area contributed by atoms with Gasteiger partial charge in [0.1, 0.15) is 17.7 Å². The van der Waals surface area contributed by atoms with Gasteiger partial charge in [-0.15, -0.1) is 0 Å². The van der Waals surface area contributed by atoms with Crippen molar-refractivity contribution in [1.82, 2.24) is 30.6 Å². The first-order valence-electron chi connectivity index (χ1n) is 9.20. The van der Waals surface area contributed by atoms with E-state index in [0.717, 1.165) is 38.5 Å². The molecule has 2 unspecified atom stereocenters. The molecule has 2 bridgehead atoms. The molecule has 2 atom stereocenters. The van der Waals surface area contributed by atoms with Gasteiger partial charge in [-0.2, -0.15) is 0 Å². The van der Waals surface area contributed by atoms with Gasteiger partial charge in [-0.1, -0.05) is 0 Å². The quantitative estimate of drug-likeness (QED) is 0.850. The van der Waals surface area contributed by atoms with Crippen molar-refractivity contribution in [1.29, 1.82) is 0 Å². The highest BCUT2D eigenvalue weighted by molar-refractivity contribution is 5.94. The first-order chi connectivity index (χ1) is 13.0. The molecule has 8 nitrogen and oxygen atoms in total. The average molecular weight is 366 g/mol. The molecule has 0 aromatic carbocycles. The number of carbonyl (C=O) groups is 2. The Kier molecular flexibility index (Phi) is 4.33. The standard InChI is InChI=1S/C19H22N6O2/c1-13-15(22-10-9-21-13)17(27)25-19-5-2-4-18(11-19,6-7-19)24-16(26)14-3-8-20-12-23-14/h3,8-10,12H,2,4-7,11H2,1H3,(H,24,26)(H,25,27). The molecule has 27 heavy (non-hydrogen) atoms. The Morgan fingerprint density at radius 2 is 1.63 bits per heavy atom. The molecule has 140 valence electrons. The largest absolute Gasteiger partial charge is 0.345 e. The van der Waals surface area contributed by atoms with Crippen LogP contribution in [0.1, 0.15) is 65.2 Å². The van der Waals surface area contributed by atoms with E-state index in [4.69, 9.17) is 0 Å². The molecule has 2 aliphatic rings. The van der Waals surface area contributed by atoms with Crippen molar-refractivity contribution < 1.29 is 9.59 Å². The lowest BCUT2D eigenvalue weighted by atomic mass is 9.78. The molecule has 0 saturated heterocycles. The van der Waals surface area contributed by atoms with E-state index in [9.17, 15) is 9.59 Å². The van der Waals surface area contributed by atoms with Gasteiger partial charge in [-0.25, -0.2) is 15.0 Å². The summed E-state index contributed by atoms with van der Waals surface area (Å²) in [6.45, 7) is 1.78. The van der Waals surface area contributed by atoms with Crippen LogP contribution in [0.2, 0.25) is 0 Å². The average Bonchev–Trinajstić information content (AvgIpc) is 2.92. The van der Waals surface area contributed by atoms with Crippen LogP contribution in [-0.2, 0) is 0 Å². The molecule has 2 aromatic heterocycles. The minimum atomic E-state index is -0.307. The Labute approximate surface area is 157 Å². The fourth-order valence-electron chi connectivity index (χ4n) is 4.49. The molecule has 2 saturated carbocycles. The van der Waals surface area contributed by atoms with Gasteiger partial charge in [-0.3, -0.25) is 14.6 Å². The lowest BCUT2D eigenvalue weighted by Gasteiger charge is -2.40. The predicted octanol–water partition coefficient (Wildman–Crippen LogP) is 1.58. The number of nitrogens with one attached hydrogen (secondary N) is 2. The molecule has 2 fully saturated rings. The van der Waals surface area contributed by atoms with Gasteiger partial charge in [-0.05, 0) is 51.5 Å². The van der Waals surface area contributed by atoms with Crippen LogP contribution in [0.3, 0.4) is 0 Å². The monoisotopic (exact) mass is 366 g/mol. The van der Waals surface area contributed by atoms with Crippen molar-refractivity contribution >= 4 is 11.8 Å². The van der Waals surface area contributed by atoms with Crippen LogP contribution in [-0.4, -0.2) is 42.8 Å². The fourth-order valence-corrected chi connectivity index (χ4v) is 4.49. The second-order valence-electron chi connectivity index (χ2n) is 7.58. The maximum absolute atomic E-state index is 12.7. The second-order valence-corrected chi connectivity index (χ2v) is 7.58. The van der Waals surface area contributed by atoms with Crippen LogP contribution in [0.4, 0.5) is 0 Å². The van der Waals surface area contributed by atoms with Crippen LogP contribution < -0.4 is 10.6 Å². The summed E-state index contributed by atoms with van der Waals surface area (Å²) in [6.07, 6.45) is 11.2. The molecule has 2 N–H and O–H groups in total. The van der Waals surface area contributed by atoms with E-state index in [1.54, 1.807) is 25.4 Å². The molecule has 2 aliphatic carbocycles. The van der Waals surface area contributed by atoms with Crippen molar-refractivity contribution in [2.45, 2.75) is 56.5 Å². The molecule has 0 spiro atoms. The second kappa shape index (κ2) is 6.68. The number of carbonyl (C=O) groups excluding carboxylic acids is 2. The molecule has 2 heterocycles. The summed E-state index contributed by atoms with van der Waals surface area (Å²) < 4.78 is 0. The van der Waals surface area contributed by atoms with Crippen molar-refractivity contribution in [3.63, 3.8) is 0 Å². The number of aryl methyl sites for hydroxylation is 1. The molecule has 4 rings (SSSR count). The number of nitrogens with zero attached hydrogens (tertiary/aromatic N) is 4. The topological polar surface area (TPSA) is 110 Å². The van der Waals surface area contributed by atoms with Gasteiger partial charge in [0.2, 0.25) is 0 Å². The number of amides is 2. The zero-order chi connectivity index (χ0) is 18.9. The highest BCUT2D eigenvalue weighted by atomic mass is 16.2. The van der Waals surface area contributed by atoms with E-state index in [-0.39, 0.29) is 22.9 Å². The zero-order valence-electron chi connectivity index (χ0n) is 15.2. The lowest BCUT2D eigenvalue weighted by molar-refractivity contribution is 0.0826. The van der Waals surface area contributed by atoms with E-state index in [1.807, 2.05) is 0 Å². The first kappa shape index (κ1) is 17.5. The molecule has 8 heteroatoms. The van der Waals surface area contributed by atoms with Gasteiger partial charge < -0.3 is 10.6 Å². The van der Waals surface area contributed by atoms with Crippen molar-refractivity contribution in [2.75, 3.05) is 0 Å². The molecule has 2 aromatic rings. The Morgan fingerprint density at radius 1 is 0.926 bits per heavy atom. The lowest BCUT2D eigenvalue weighted by Crippen LogP contribution is -2.55. The first-order valence-corrected chi connectivity index (χ1v) is 9.20. The van der Waals surface area contributed by atoms with E-state index in [1.165, 1.54) is 12.5 Å². The van der Waals surface area contributed by atoms with Crippen LogP contribution >= 0.6 is 0 Å². The van der Waals surface area contributed by atoms with Crippen LogP contribution in [0.5, 0.6) is 0 Å². The Bertz CT molecular complexity index is 874. The van der Waals surface area contributed by atoms with Crippen LogP contribution in [0.25, 0.3) is 0 Å². The molecular formula is C19H22N6O2. The third kappa shape index (κ3) is 3.39. The van der Waals surface area contributed by atoms with E-state index in [2.05, 4.69) is 30.6 Å². The van der Waals surface area contributed by atoms with Crippen LogP contribution in [0.15, 0.2) is 31.0 Å². The Balaban J connectivity index is 1.49. The molecular weight excluding hydrogens is 344 g/mol. The number of hydrogen-bond donors (Lipinski definition) is 2. The van der Waals surface area contributed by atoms with E-state index < -0.39 is 0 Å². The smallest absolute Gasteiger partial charge is 0.272 e. The van der Waals surface area contributed by atoms with Crippen molar-refractivity contribution in [3.8, 4) is 0 Å². The maximum atomic E-state index is 12.7. The third-order valence-corrected chi connectivity index (χ3v) is 5.74. The van der Waals surface area contributed by atoms with Gasteiger partial charge in [0.05, 0.1) is 5.69 Å². The van der Waals surface area contributed by atoms with Crippen LogP contribution in [0, 0.1) is 6.92 Å². The van der Waals surface area contributed by atoms with Crippen molar-refractivity contribution in [3.05, 3.63) is 48.1 Å². The molecule has 2 amide bonds. The Morgan fingerprint density at radius 3 is 2.30 bits per heavy atom. The van der Waals surface area contributed by atoms with Crippen molar-refractivity contribution in [2.24, 2.45) is 0 Å². The highest BCUT2D eigenvalue weighted by Gasteiger charge is 2.52. The predicted molar refractivity (Wildman–Crippen MR) is 96.9 cm³/mol. The third-order valence-electron chi connectivity index (χ3n) is 5.74. The maximum Gasteiger partial charge on any atom is 0.272 e. The minimum Gasteiger partial charge on any atom is -0.345 e. The number of aromatic nitrogens is 4. The number of fused-ring (bicyclic) bond motifs is 2. The highest BCUT2D eigenvalue weighted by Crippen LogP contribution is 2.48. The Hall–Kier alpha value is -2.90. The van der Waals surface area contributed by atoms with Gasteiger partial charge >= 0.3 is 0 Å².